The first-order valence-corrected chi connectivity index (χ1v) is 12.4. The van der Waals surface area contributed by atoms with Crippen LogP contribution in [0, 0.1) is 0 Å². The number of aliphatic hydroxyl groups is 3. The van der Waals surface area contributed by atoms with Crippen LogP contribution in [0.5, 0.6) is 11.5 Å². The van der Waals surface area contributed by atoms with E-state index < -0.39 is 17.8 Å². The molecular formula is C26H25N5O8. The second-order valence-electron chi connectivity index (χ2n) is 9.50. The van der Waals surface area contributed by atoms with Gasteiger partial charge in [0.05, 0.1) is 28.5 Å². The van der Waals surface area contributed by atoms with Crippen molar-refractivity contribution < 1.29 is 34.7 Å². The van der Waals surface area contributed by atoms with Gasteiger partial charge in [0.1, 0.15) is 24.8 Å². The van der Waals surface area contributed by atoms with E-state index in [4.69, 9.17) is 9.47 Å². The van der Waals surface area contributed by atoms with E-state index in [1.807, 2.05) is 0 Å². The first kappa shape index (κ1) is 24.9. The largest absolute Gasteiger partial charge is 0.486 e. The number of imidazole rings is 1. The number of ether oxygens (including phenoxy) is 2. The number of fused-ring (bicyclic) bond motifs is 2. The van der Waals surface area contributed by atoms with Crippen LogP contribution >= 0.6 is 0 Å². The monoisotopic (exact) mass is 535 g/mol. The van der Waals surface area contributed by atoms with Crippen LogP contribution in [0.25, 0.3) is 22.3 Å². The number of benzene rings is 1. The maximum Gasteiger partial charge on any atom is 0.377 e. The molecule has 0 saturated heterocycles. The van der Waals surface area contributed by atoms with Crippen molar-refractivity contribution in [2.24, 2.45) is 0 Å². The molecule has 0 spiro atoms. The molecule has 0 atom stereocenters. The highest BCUT2D eigenvalue weighted by atomic mass is 16.7. The van der Waals surface area contributed by atoms with Crippen LogP contribution in [-0.2, 0) is 6.10 Å². The van der Waals surface area contributed by atoms with E-state index in [2.05, 4.69) is 15.3 Å². The topological polar surface area (TPSA) is 181 Å². The van der Waals surface area contributed by atoms with Crippen molar-refractivity contribution in [3.05, 3.63) is 58.6 Å². The van der Waals surface area contributed by atoms with Crippen molar-refractivity contribution >= 4 is 28.6 Å². The Bertz CT molecular complexity index is 1650. The van der Waals surface area contributed by atoms with E-state index >= 15 is 0 Å². The molecule has 1 aliphatic carbocycles. The molecule has 0 radical (unpaired) electrons. The molecule has 1 fully saturated rings. The molecule has 3 aromatic heterocycles. The van der Waals surface area contributed by atoms with Crippen molar-refractivity contribution in [1.29, 1.82) is 0 Å². The maximum absolute atomic E-state index is 13.1. The molecule has 6 rings (SSSR count). The van der Waals surface area contributed by atoms with E-state index in [0.717, 1.165) is 25.7 Å². The van der Waals surface area contributed by atoms with Gasteiger partial charge in [0.2, 0.25) is 0 Å². The fraction of sp³-hybridized carbons (Fsp3) is 0.308. The predicted molar refractivity (Wildman–Crippen MR) is 137 cm³/mol. The molecule has 202 valence electrons. The Morgan fingerprint density at radius 3 is 2.44 bits per heavy atom. The van der Waals surface area contributed by atoms with E-state index in [9.17, 15) is 30.0 Å². The average molecular weight is 536 g/mol. The first-order valence-electron chi connectivity index (χ1n) is 12.4. The smallest absolute Gasteiger partial charge is 0.377 e. The average Bonchev–Trinajstić information content (AvgIpc) is 3.53. The lowest BCUT2D eigenvalue weighted by Gasteiger charge is -2.19. The highest BCUT2D eigenvalue weighted by Crippen LogP contribution is 2.35. The second kappa shape index (κ2) is 9.38. The highest BCUT2D eigenvalue weighted by Gasteiger charge is 2.32. The fourth-order valence-corrected chi connectivity index (χ4v) is 5.19. The zero-order chi connectivity index (χ0) is 27.3. The van der Waals surface area contributed by atoms with Crippen LogP contribution in [-0.4, -0.2) is 58.7 Å². The van der Waals surface area contributed by atoms with Crippen molar-refractivity contribution in [2.75, 3.05) is 18.5 Å². The van der Waals surface area contributed by atoms with Crippen molar-refractivity contribution in [1.82, 2.24) is 19.1 Å². The summed E-state index contributed by atoms with van der Waals surface area (Å²) in [5.74, 6) is 0.383. The van der Waals surface area contributed by atoms with Crippen LogP contribution in [0.15, 0.2) is 47.4 Å². The number of hydrogen-bond donors (Lipinski definition) is 5. The number of pyridine rings is 2. The number of carbonyl (C=O) groups is 1. The minimum atomic E-state index is -3.41. The van der Waals surface area contributed by atoms with Gasteiger partial charge in [0.15, 0.2) is 11.5 Å². The summed E-state index contributed by atoms with van der Waals surface area (Å²) in [5.41, 5.74) is 0.538. The second-order valence-corrected chi connectivity index (χ2v) is 9.50. The molecule has 1 saturated carbocycles. The molecular weight excluding hydrogens is 510 g/mol. The number of carboxylic acids is 1. The molecule has 1 aromatic carbocycles. The van der Waals surface area contributed by atoms with Gasteiger partial charge < -0.3 is 35.2 Å². The summed E-state index contributed by atoms with van der Waals surface area (Å²) in [6, 6.07) is 9.35. The Balaban J connectivity index is 1.42. The molecule has 4 heterocycles. The first-order chi connectivity index (χ1) is 18.7. The third-order valence-corrected chi connectivity index (χ3v) is 6.92. The molecule has 5 N–H and O–H groups in total. The lowest BCUT2D eigenvalue weighted by molar-refractivity contribution is -0.374. The zero-order valence-electron chi connectivity index (χ0n) is 20.6. The summed E-state index contributed by atoms with van der Waals surface area (Å²) in [7, 11) is 0. The van der Waals surface area contributed by atoms with Gasteiger partial charge in [-0.15, -0.1) is 0 Å². The molecule has 0 amide bonds. The Morgan fingerprint density at radius 1 is 0.974 bits per heavy atom. The van der Waals surface area contributed by atoms with Gasteiger partial charge in [0.25, 0.3) is 0 Å². The standard InChI is InChI=1S/C26H25N5O8/c32-24(33)15-9-17(14-5-6-20-21(10-14)39-8-7-38-20)28-23(11-15)29-22-12-18-19(13-27-22)31(26(35,36)37)25(34)30(18)16-3-1-2-4-16/h5-6,9-13,16,35-37H,1-4,7-8H2,(H,32,33)(H,27,28,29). The number of nitrogens with zero attached hydrogens (tertiary/aromatic N) is 4. The van der Waals surface area contributed by atoms with E-state index in [1.165, 1.54) is 29.0 Å². The van der Waals surface area contributed by atoms with Crippen LogP contribution in [0.1, 0.15) is 42.1 Å². The van der Waals surface area contributed by atoms with Gasteiger partial charge >= 0.3 is 17.8 Å². The molecule has 2 aliphatic rings. The van der Waals surface area contributed by atoms with E-state index in [1.54, 1.807) is 18.2 Å². The van der Waals surface area contributed by atoms with E-state index in [0.29, 0.717) is 46.1 Å². The summed E-state index contributed by atoms with van der Waals surface area (Å²) in [4.78, 5) is 33.8. The fourth-order valence-electron chi connectivity index (χ4n) is 5.19. The molecule has 0 unspecified atom stereocenters. The summed E-state index contributed by atoms with van der Waals surface area (Å²) >= 11 is 0. The van der Waals surface area contributed by atoms with Gasteiger partial charge in [-0.1, -0.05) is 12.8 Å². The minimum Gasteiger partial charge on any atom is -0.486 e. The molecule has 4 aromatic rings. The van der Waals surface area contributed by atoms with Crippen LogP contribution in [0.3, 0.4) is 0 Å². The third-order valence-electron chi connectivity index (χ3n) is 6.92. The highest BCUT2D eigenvalue weighted by molar-refractivity contribution is 5.90. The normalized spacial score (nSPS) is 15.6. The van der Waals surface area contributed by atoms with Crippen LogP contribution < -0.4 is 20.5 Å². The molecule has 1 aliphatic heterocycles. The SMILES string of the molecule is O=C(O)c1cc(Nc2cc3c(cn2)n(C(O)(O)O)c(=O)n3C2CCCC2)nc(-c2ccc3c(c2)OCCO3)c1. The molecule has 39 heavy (non-hydrogen) atoms. The lowest BCUT2D eigenvalue weighted by atomic mass is 10.1. The zero-order valence-corrected chi connectivity index (χ0v) is 20.6. The van der Waals surface area contributed by atoms with Gasteiger partial charge in [-0.3, -0.25) is 4.57 Å². The maximum atomic E-state index is 13.1. The third kappa shape index (κ3) is 4.56. The molecule has 13 nitrogen and oxygen atoms in total. The number of hydrogen-bond acceptors (Lipinski definition) is 10. The number of rotatable bonds is 6. The van der Waals surface area contributed by atoms with Crippen molar-refractivity contribution in [3.8, 4) is 22.8 Å². The molecule has 0 bridgehead atoms. The van der Waals surface area contributed by atoms with Gasteiger partial charge in [-0.2, -0.15) is 0 Å². The summed E-state index contributed by atoms with van der Waals surface area (Å²) in [6.07, 6.45) is 1.09. The minimum absolute atomic E-state index is 0.0156. The number of aromatic carboxylic acids is 1. The summed E-state index contributed by atoms with van der Waals surface area (Å²) < 4.78 is 13.1. The number of nitrogens with one attached hydrogen (secondary N) is 1. The number of aromatic nitrogens is 4. The Kier molecular flexibility index (Phi) is 5.98. The van der Waals surface area contributed by atoms with Gasteiger partial charge in [0, 0.05) is 17.7 Å². The number of anilines is 2. The lowest BCUT2D eigenvalue weighted by Crippen LogP contribution is -2.41. The van der Waals surface area contributed by atoms with Crippen molar-refractivity contribution in [3.63, 3.8) is 0 Å². The van der Waals surface area contributed by atoms with Crippen LogP contribution in [0.4, 0.5) is 11.6 Å². The van der Waals surface area contributed by atoms with Crippen LogP contribution in [0.2, 0.25) is 0 Å². The van der Waals surface area contributed by atoms with E-state index in [-0.39, 0.29) is 28.8 Å². The summed E-state index contributed by atoms with van der Waals surface area (Å²) in [5, 5.41) is 42.3. The summed E-state index contributed by atoms with van der Waals surface area (Å²) in [6.45, 7) is 0.843. The van der Waals surface area contributed by atoms with Gasteiger partial charge in [-0.25, -0.2) is 24.1 Å². The predicted octanol–water partition coefficient (Wildman–Crippen LogP) is 2.13. The quantitative estimate of drug-likeness (QED) is 0.228. The Labute approximate surface area is 220 Å². The number of carboxylic acid groups (broad SMARTS) is 1. The van der Waals surface area contributed by atoms with Gasteiger partial charge in [-0.05, 0) is 43.2 Å². The van der Waals surface area contributed by atoms with Crippen molar-refractivity contribution in [2.45, 2.75) is 37.8 Å². The Morgan fingerprint density at radius 2 is 1.72 bits per heavy atom. The Hall–Kier alpha value is -4.46. The molecule has 13 heteroatoms.